The molecule has 1 aliphatic heterocycles. The average molecular weight is 611 g/mol. The molecule has 1 aliphatic rings. The van der Waals surface area contributed by atoms with Crippen molar-refractivity contribution in [1.29, 1.82) is 0 Å². The molecule has 0 aromatic carbocycles. The molecule has 0 amide bonds. The van der Waals surface area contributed by atoms with Gasteiger partial charge in [0.1, 0.15) is 12.2 Å². The summed E-state index contributed by atoms with van der Waals surface area (Å²) in [6, 6.07) is 0. The summed E-state index contributed by atoms with van der Waals surface area (Å²) in [5, 5.41) is 83.5. The van der Waals surface area contributed by atoms with Gasteiger partial charge < -0.3 is 45.6 Å². The fourth-order valence-corrected chi connectivity index (χ4v) is 4.83. The van der Waals surface area contributed by atoms with E-state index in [-0.39, 0.29) is 38.5 Å². The summed E-state index contributed by atoms with van der Waals surface area (Å²) in [6.07, 6.45) is 6.60. The number of hydrogen-bond donors (Lipinski definition) is 8. The molecule has 0 unspecified atom stereocenters. The molecule has 0 aromatic rings. The number of hydrogen-bond acceptors (Lipinski definition) is 10. The molecule has 10 nitrogen and oxygen atoms in total. The van der Waals surface area contributed by atoms with Crippen LogP contribution in [-0.2, 0) is 9.53 Å². The first-order valence-corrected chi connectivity index (χ1v) is 15.3. The van der Waals surface area contributed by atoms with E-state index in [9.17, 15) is 45.6 Å². The molecule has 0 saturated heterocycles. The van der Waals surface area contributed by atoms with Crippen molar-refractivity contribution in [2.75, 3.05) is 0 Å². The maximum absolute atomic E-state index is 12.9. The van der Waals surface area contributed by atoms with Crippen LogP contribution in [0.2, 0.25) is 0 Å². The van der Waals surface area contributed by atoms with Crippen LogP contribution in [-0.4, -0.2) is 102 Å². The van der Waals surface area contributed by atoms with Crippen molar-refractivity contribution in [2.45, 2.75) is 133 Å². The summed E-state index contributed by atoms with van der Waals surface area (Å²) in [7, 11) is 0. The monoisotopic (exact) mass is 610 g/mol. The van der Waals surface area contributed by atoms with E-state index < -0.39 is 66.8 Å². The fraction of sp³-hybridized carbons (Fsp3) is 0.667. The molecule has 10 atom stereocenters. The van der Waals surface area contributed by atoms with Crippen LogP contribution in [0.25, 0.3) is 0 Å². The van der Waals surface area contributed by atoms with Crippen LogP contribution in [0.1, 0.15) is 78.6 Å². The molecule has 0 radical (unpaired) electrons. The van der Waals surface area contributed by atoms with Gasteiger partial charge >= 0.3 is 5.97 Å². The minimum Gasteiger partial charge on any atom is -0.459 e. The van der Waals surface area contributed by atoms with Crippen molar-refractivity contribution in [2.24, 2.45) is 5.92 Å². The van der Waals surface area contributed by atoms with Crippen LogP contribution in [0.3, 0.4) is 0 Å². The van der Waals surface area contributed by atoms with E-state index in [1.807, 2.05) is 6.92 Å². The molecule has 0 bridgehead atoms. The normalized spacial score (nSPS) is 39.7. The van der Waals surface area contributed by atoms with Crippen LogP contribution < -0.4 is 0 Å². The number of esters is 1. The molecule has 43 heavy (non-hydrogen) atoms. The molecular weight excluding hydrogens is 556 g/mol. The van der Waals surface area contributed by atoms with Gasteiger partial charge in [-0.15, -0.1) is 0 Å². The Balaban J connectivity index is 3.06. The minimum absolute atomic E-state index is 0.00262. The van der Waals surface area contributed by atoms with Crippen molar-refractivity contribution < 1.29 is 50.4 Å². The zero-order valence-electron chi connectivity index (χ0n) is 25.7. The van der Waals surface area contributed by atoms with E-state index in [1.54, 1.807) is 62.5 Å². The van der Waals surface area contributed by atoms with Gasteiger partial charge in [-0.25, -0.2) is 0 Å². The van der Waals surface area contributed by atoms with E-state index in [0.717, 1.165) is 6.42 Å². The minimum atomic E-state index is -1.25. The molecule has 0 saturated carbocycles. The van der Waals surface area contributed by atoms with E-state index in [1.165, 1.54) is 6.08 Å². The summed E-state index contributed by atoms with van der Waals surface area (Å²) in [5.41, 5.74) is 0.622. The summed E-state index contributed by atoms with van der Waals surface area (Å²) in [5.74, 6) is -1.62. The average Bonchev–Trinajstić information content (AvgIpc) is 2.90. The third-order valence-electron chi connectivity index (χ3n) is 7.46. The van der Waals surface area contributed by atoms with Gasteiger partial charge in [0, 0.05) is 12.8 Å². The van der Waals surface area contributed by atoms with Crippen LogP contribution in [0.5, 0.6) is 0 Å². The van der Waals surface area contributed by atoms with E-state index in [2.05, 4.69) is 0 Å². The number of unbranched alkanes of at least 4 members (excludes halogenated alkanes) is 1. The lowest BCUT2D eigenvalue weighted by Gasteiger charge is -2.27. The number of carbonyl (C=O) groups excluding carboxylic acids is 1. The molecule has 246 valence electrons. The van der Waals surface area contributed by atoms with Crippen molar-refractivity contribution >= 4 is 5.97 Å². The summed E-state index contributed by atoms with van der Waals surface area (Å²) < 4.78 is 5.45. The predicted molar refractivity (Wildman–Crippen MR) is 165 cm³/mol. The van der Waals surface area contributed by atoms with E-state index >= 15 is 0 Å². The number of aliphatic hydroxyl groups is 8. The van der Waals surface area contributed by atoms with Crippen LogP contribution >= 0.6 is 0 Å². The SMILES string of the molecule is CCCC[C@H]1C(=O)O[C@@H](C)[C@@H](O)\C=C/C=C\C=C/C=C\C=C(\C)[C@H](O)C[C@H](O)C[C@H](O)C[C@H](O)C[C@H](O)C[C@@H](O)C[C@H]1O. The van der Waals surface area contributed by atoms with Gasteiger partial charge in [0.15, 0.2) is 0 Å². The molecule has 0 spiro atoms. The Labute approximate surface area is 256 Å². The Morgan fingerprint density at radius 3 is 1.70 bits per heavy atom. The lowest BCUT2D eigenvalue weighted by molar-refractivity contribution is -0.162. The van der Waals surface area contributed by atoms with Crippen molar-refractivity contribution in [3.8, 4) is 0 Å². The van der Waals surface area contributed by atoms with Gasteiger partial charge in [0.25, 0.3) is 0 Å². The van der Waals surface area contributed by atoms with E-state index in [0.29, 0.717) is 18.4 Å². The molecular formula is C33H54O10. The second kappa shape index (κ2) is 21.5. The first-order chi connectivity index (χ1) is 20.3. The Hall–Kier alpha value is -2.15. The number of cyclic esters (lactones) is 1. The van der Waals surface area contributed by atoms with Gasteiger partial charge in [0.05, 0.1) is 48.6 Å². The molecule has 0 aliphatic carbocycles. The van der Waals surface area contributed by atoms with Crippen molar-refractivity contribution in [1.82, 2.24) is 0 Å². The number of rotatable bonds is 3. The lowest BCUT2D eigenvalue weighted by Crippen LogP contribution is -2.37. The molecule has 8 N–H and O–H groups in total. The smallest absolute Gasteiger partial charge is 0.311 e. The standard InChI is InChI=1S/C33H54O10/c1-4-5-14-29-32(41)21-28(38)19-26(36)17-24(34)16-25(35)18-27(37)20-31(40)22(2)13-11-9-7-6-8-10-12-15-30(39)23(3)43-33(29)42/h6-13,15,23-32,34-41H,4-5,14,16-21H2,1-3H3/b7-6-,10-8-,11-9-,15-12-,22-13-/t23-,24-,25+,26-,27+,28+,29+,30-,31+,32+/m0/s1. The van der Waals surface area contributed by atoms with Crippen molar-refractivity contribution in [3.05, 3.63) is 60.3 Å². The second-order valence-corrected chi connectivity index (χ2v) is 11.6. The third-order valence-corrected chi connectivity index (χ3v) is 7.46. The first-order valence-electron chi connectivity index (χ1n) is 15.3. The van der Waals surface area contributed by atoms with Crippen LogP contribution in [0.15, 0.2) is 60.3 Å². The molecule has 1 rings (SSSR count). The van der Waals surface area contributed by atoms with Gasteiger partial charge in [-0.2, -0.15) is 0 Å². The highest BCUT2D eigenvalue weighted by atomic mass is 16.6. The van der Waals surface area contributed by atoms with Gasteiger partial charge in [-0.05, 0) is 51.5 Å². The van der Waals surface area contributed by atoms with Gasteiger partial charge in [-0.3, -0.25) is 4.79 Å². The maximum atomic E-state index is 12.9. The van der Waals surface area contributed by atoms with Gasteiger partial charge in [-0.1, -0.05) is 74.4 Å². The zero-order valence-corrected chi connectivity index (χ0v) is 25.7. The largest absolute Gasteiger partial charge is 0.459 e. The van der Waals surface area contributed by atoms with Crippen LogP contribution in [0.4, 0.5) is 0 Å². The predicted octanol–water partition coefficient (Wildman–Crippen LogP) is 2.14. The fourth-order valence-electron chi connectivity index (χ4n) is 4.83. The number of carbonyl (C=O) groups is 1. The third kappa shape index (κ3) is 17.1. The number of allylic oxidation sites excluding steroid dienone is 8. The van der Waals surface area contributed by atoms with E-state index in [4.69, 9.17) is 4.74 Å². The van der Waals surface area contributed by atoms with Crippen LogP contribution in [0, 0.1) is 5.92 Å². The summed E-state index contributed by atoms with van der Waals surface area (Å²) >= 11 is 0. The number of aliphatic hydroxyl groups excluding tert-OH is 8. The second-order valence-electron chi connectivity index (χ2n) is 11.6. The number of ether oxygens (including phenoxy) is 1. The Morgan fingerprint density at radius 1 is 0.698 bits per heavy atom. The highest BCUT2D eigenvalue weighted by Gasteiger charge is 2.32. The van der Waals surface area contributed by atoms with Crippen molar-refractivity contribution in [3.63, 3.8) is 0 Å². The maximum Gasteiger partial charge on any atom is 0.311 e. The topological polar surface area (TPSA) is 188 Å². The quantitative estimate of drug-likeness (QED) is 0.220. The molecule has 1 heterocycles. The highest BCUT2D eigenvalue weighted by molar-refractivity contribution is 5.73. The Kier molecular flexibility index (Phi) is 19.5. The molecule has 0 fully saturated rings. The van der Waals surface area contributed by atoms with Gasteiger partial charge in [0.2, 0.25) is 0 Å². The molecule has 0 aromatic heterocycles. The Morgan fingerprint density at radius 2 is 1.16 bits per heavy atom. The summed E-state index contributed by atoms with van der Waals surface area (Å²) in [4.78, 5) is 12.9. The molecule has 10 heteroatoms. The first kappa shape index (κ1) is 38.9. The highest BCUT2D eigenvalue weighted by Crippen LogP contribution is 2.23. The Bertz CT molecular complexity index is 927. The zero-order chi connectivity index (χ0) is 32.4. The summed E-state index contributed by atoms with van der Waals surface area (Å²) in [6.45, 7) is 5.21. The lowest BCUT2D eigenvalue weighted by atomic mass is 9.90.